The molecule has 0 aromatic heterocycles. The second-order valence-corrected chi connectivity index (χ2v) is 4.59. The highest BCUT2D eigenvalue weighted by Crippen LogP contribution is 2.48. The summed E-state index contributed by atoms with van der Waals surface area (Å²) in [6, 6.07) is 19.9. The van der Waals surface area contributed by atoms with Gasteiger partial charge >= 0.3 is 0 Å². The Hall–Kier alpha value is -1.89. The summed E-state index contributed by atoms with van der Waals surface area (Å²) in [5.41, 5.74) is 2.14. The first-order valence-electron chi connectivity index (χ1n) is 6.00. The van der Waals surface area contributed by atoms with Crippen LogP contribution in [-0.2, 0) is 0 Å². The molecule has 1 heteroatoms. The van der Waals surface area contributed by atoms with Crippen LogP contribution in [0.3, 0.4) is 0 Å². The van der Waals surface area contributed by atoms with E-state index in [-0.39, 0.29) is 5.92 Å². The monoisotopic (exact) mass is 222 g/mol. The number of rotatable bonds is 3. The summed E-state index contributed by atoms with van der Waals surface area (Å²) in [5.74, 6) is 0.920. The molecule has 3 rings (SSSR count). The van der Waals surface area contributed by atoms with Crippen molar-refractivity contribution in [2.75, 3.05) is 0 Å². The summed E-state index contributed by atoms with van der Waals surface area (Å²) in [6.07, 6.45) is 0.998. The van der Waals surface area contributed by atoms with Crippen molar-refractivity contribution in [1.82, 2.24) is 0 Å². The Bertz CT molecular complexity index is 516. The van der Waals surface area contributed by atoms with Gasteiger partial charge in [0.2, 0.25) is 0 Å². The van der Waals surface area contributed by atoms with Crippen LogP contribution in [0.1, 0.15) is 28.3 Å². The standard InChI is InChI=1S/C16H14O/c17-16(13-9-5-2-6-10-13)15-11-14(15)12-7-3-1-4-8-12/h1-10,14-15H,11H2/t14-,15-/m0/s1. The van der Waals surface area contributed by atoms with Crippen molar-refractivity contribution in [2.45, 2.75) is 12.3 Å². The van der Waals surface area contributed by atoms with E-state index < -0.39 is 0 Å². The predicted octanol–water partition coefficient (Wildman–Crippen LogP) is 3.67. The van der Waals surface area contributed by atoms with Gasteiger partial charge in [0.1, 0.15) is 0 Å². The van der Waals surface area contributed by atoms with Crippen LogP contribution in [-0.4, -0.2) is 5.78 Å². The van der Waals surface area contributed by atoms with E-state index in [9.17, 15) is 4.79 Å². The van der Waals surface area contributed by atoms with Crippen molar-refractivity contribution in [3.63, 3.8) is 0 Å². The molecule has 0 heterocycles. The lowest BCUT2D eigenvalue weighted by Crippen LogP contribution is -2.02. The van der Waals surface area contributed by atoms with Crippen LogP contribution in [0.2, 0.25) is 0 Å². The average Bonchev–Trinajstić information content (AvgIpc) is 3.20. The number of hydrogen-bond donors (Lipinski definition) is 0. The van der Waals surface area contributed by atoms with Gasteiger partial charge in [-0.3, -0.25) is 4.79 Å². The molecule has 1 nitrogen and oxygen atoms in total. The first kappa shape index (κ1) is 10.3. The highest BCUT2D eigenvalue weighted by Gasteiger charge is 2.43. The minimum Gasteiger partial charge on any atom is -0.294 e. The third-order valence-electron chi connectivity index (χ3n) is 3.41. The SMILES string of the molecule is O=C(c1ccccc1)[C@H]1C[C@H]1c1ccccc1. The van der Waals surface area contributed by atoms with Gasteiger partial charge in [-0.25, -0.2) is 0 Å². The fourth-order valence-corrected chi connectivity index (χ4v) is 2.37. The van der Waals surface area contributed by atoms with Crippen LogP contribution >= 0.6 is 0 Å². The van der Waals surface area contributed by atoms with Crippen LogP contribution in [0.25, 0.3) is 0 Å². The van der Waals surface area contributed by atoms with Crippen molar-refractivity contribution >= 4 is 5.78 Å². The quantitative estimate of drug-likeness (QED) is 0.724. The summed E-state index contributed by atoms with van der Waals surface area (Å²) in [5, 5.41) is 0. The van der Waals surface area contributed by atoms with E-state index in [1.54, 1.807) is 0 Å². The Morgan fingerprint density at radius 3 is 2.12 bits per heavy atom. The highest BCUT2D eigenvalue weighted by atomic mass is 16.1. The zero-order valence-electron chi connectivity index (χ0n) is 9.54. The van der Waals surface area contributed by atoms with Crippen LogP contribution < -0.4 is 0 Å². The van der Waals surface area contributed by atoms with E-state index in [0.29, 0.717) is 11.7 Å². The predicted molar refractivity (Wildman–Crippen MR) is 68.1 cm³/mol. The van der Waals surface area contributed by atoms with Gasteiger partial charge in [0.25, 0.3) is 0 Å². The molecule has 1 saturated carbocycles. The normalized spacial score (nSPS) is 22.1. The molecule has 84 valence electrons. The Labute approximate surface area is 101 Å². The van der Waals surface area contributed by atoms with E-state index in [1.807, 2.05) is 48.5 Å². The van der Waals surface area contributed by atoms with Crippen LogP contribution in [0.5, 0.6) is 0 Å². The highest BCUT2D eigenvalue weighted by molar-refractivity contribution is 6.00. The van der Waals surface area contributed by atoms with Crippen LogP contribution in [0.4, 0.5) is 0 Å². The van der Waals surface area contributed by atoms with Crippen molar-refractivity contribution < 1.29 is 4.79 Å². The number of benzene rings is 2. The zero-order valence-corrected chi connectivity index (χ0v) is 9.54. The molecule has 0 spiro atoms. The maximum atomic E-state index is 12.2. The molecule has 2 aromatic rings. The van der Waals surface area contributed by atoms with Crippen molar-refractivity contribution in [3.8, 4) is 0 Å². The Morgan fingerprint density at radius 2 is 1.47 bits per heavy atom. The first-order chi connectivity index (χ1) is 8.36. The molecule has 2 atom stereocenters. The molecule has 0 unspecified atom stereocenters. The molecule has 0 aliphatic heterocycles. The van der Waals surface area contributed by atoms with E-state index in [2.05, 4.69) is 12.1 Å². The molecule has 0 radical (unpaired) electrons. The van der Waals surface area contributed by atoms with Gasteiger partial charge < -0.3 is 0 Å². The number of Topliss-reactive ketones (excluding diaryl/α,β-unsaturated/α-hetero) is 1. The minimum absolute atomic E-state index is 0.194. The maximum absolute atomic E-state index is 12.2. The van der Waals surface area contributed by atoms with Crippen LogP contribution in [0.15, 0.2) is 60.7 Å². The lowest BCUT2D eigenvalue weighted by Gasteiger charge is -2.00. The van der Waals surface area contributed by atoms with Crippen molar-refractivity contribution in [2.24, 2.45) is 5.92 Å². The molecule has 17 heavy (non-hydrogen) atoms. The van der Waals surface area contributed by atoms with E-state index in [1.165, 1.54) is 5.56 Å². The molecule has 2 aromatic carbocycles. The van der Waals surface area contributed by atoms with Gasteiger partial charge in [0.05, 0.1) is 0 Å². The average molecular weight is 222 g/mol. The molecular weight excluding hydrogens is 208 g/mol. The van der Waals surface area contributed by atoms with Crippen LogP contribution in [0, 0.1) is 5.92 Å². The number of hydrogen-bond acceptors (Lipinski definition) is 1. The largest absolute Gasteiger partial charge is 0.294 e. The number of carbonyl (C=O) groups is 1. The fraction of sp³-hybridized carbons (Fsp3) is 0.188. The summed E-state index contributed by atoms with van der Waals surface area (Å²) in [4.78, 5) is 12.2. The first-order valence-corrected chi connectivity index (χ1v) is 6.00. The Kier molecular flexibility index (Phi) is 2.52. The smallest absolute Gasteiger partial charge is 0.166 e. The number of ketones is 1. The molecule has 0 amide bonds. The zero-order chi connectivity index (χ0) is 11.7. The van der Waals surface area contributed by atoms with Gasteiger partial charge in [-0.15, -0.1) is 0 Å². The molecule has 1 aliphatic rings. The molecule has 0 bridgehead atoms. The van der Waals surface area contributed by atoms with Crippen molar-refractivity contribution in [1.29, 1.82) is 0 Å². The summed E-state index contributed by atoms with van der Waals surface area (Å²) in [6.45, 7) is 0. The Morgan fingerprint density at radius 1 is 0.882 bits per heavy atom. The molecule has 1 aliphatic carbocycles. The van der Waals surface area contributed by atoms with E-state index >= 15 is 0 Å². The summed E-state index contributed by atoms with van der Waals surface area (Å²) < 4.78 is 0. The topological polar surface area (TPSA) is 17.1 Å². The van der Waals surface area contributed by atoms with Gasteiger partial charge in [-0.05, 0) is 17.9 Å². The second-order valence-electron chi connectivity index (χ2n) is 4.59. The van der Waals surface area contributed by atoms with E-state index in [4.69, 9.17) is 0 Å². The third-order valence-corrected chi connectivity index (χ3v) is 3.41. The molecule has 0 saturated heterocycles. The fourth-order valence-electron chi connectivity index (χ4n) is 2.37. The minimum atomic E-state index is 0.194. The molecule has 1 fully saturated rings. The summed E-state index contributed by atoms with van der Waals surface area (Å²) >= 11 is 0. The molecular formula is C16H14O. The molecule has 0 N–H and O–H groups in total. The van der Waals surface area contributed by atoms with E-state index in [0.717, 1.165) is 12.0 Å². The maximum Gasteiger partial charge on any atom is 0.166 e. The van der Waals surface area contributed by atoms with Gasteiger partial charge in [0.15, 0.2) is 5.78 Å². The lowest BCUT2D eigenvalue weighted by atomic mass is 10.0. The van der Waals surface area contributed by atoms with Gasteiger partial charge in [-0.1, -0.05) is 60.7 Å². The summed E-state index contributed by atoms with van der Waals surface area (Å²) in [7, 11) is 0. The van der Waals surface area contributed by atoms with Gasteiger partial charge in [-0.2, -0.15) is 0 Å². The third kappa shape index (κ3) is 2.01. The Balaban J connectivity index is 1.76. The lowest BCUT2D eigenvalue weighted by molar-refractivity contribution is 0.0965. The number of carbonyl (C=O) groups excluding carboxylic acids is 1. The van der Waals surface area contributed by atoms with Gasteiger partial charge in [0, 0.05) is 11.5 Å². The second kappa shape index (κ2) is 4.17. The van der Waals surface area contributed by atoms with Crippen molar-refractivity contribution in [3.05, 3.63) is 71.8 Å².